The van der Waals surface area contributed by atoms with Crippen LogP contribution in [0.1, 0.15) is 38.3 Å². The molecule has 0 radical (unpaired) electrons. The summed E-state index contributed by atoms with van der Waals surface area (Å²) in [6.45, 7) is 2.77. The summed E-state index contributed by atoms with van der Waals surface area (Å²) in [7, 11) is 0. The van der Waals surface area contributed by atoms with Crippen molar-refractivity contribution in [2.45, 2.75) is 32.6 Å². The second-order valence-electron chi connectivity index (χ2n) is 3.23. The Morgan fingerprint density at radius 2 is 2.07 bits per heavy atom. The average Bonchev–Trinajstić information content (AvgIpc) is 2.29. The van der Waals surface area contributed by atoms with E-state index in [0.29, 0.717) is 12.5 Å². The molecule has 0 N–H and O–H groups in total. The fourth-order valence-corrected chi connectivity index (χ4v) is 1.21. The molecule has 0 amide bonds. The molecule has 4 heteroatoms. The van der Waals surface area contributed by atoms with Gasteiger partial charge in [0.25, 0.3) is 5.88 Å². The van der Waals surface area contributed by atoms with Crippen LogP contribution in [-0.4, -0.2) is 16.6 Å². The van der Waals surface area contributed by atoms with Gasteiger partial charge in [-0.25, -0.2) is 9.97 Å². The largest absolute Gasteiger partial charge is 0.476 e. The first-order chi connectivity index (χ1) is 7.38. The summed E-state index contributed by atoms with van der Waals surface area (Å²) < 4.78 is 5.38. The van der Waals surface area contributed by atoms with Crippen LogP contribution in [0.2, 0.25) is 0 Å². The zero-order chi connectivity index (χ0) is 10.9. The van der Waals surface area contributed by atoms with Gasteiger partial charge in [0.05, 0.1) is 6.61 Å². The van der Waals surface area contributed by atoms with E-state index in [4.69, 9.17) is 10.00 Å². The Kier molecular flexibility index (Phi) is 5.16. The van der Waals surface area contributed by atoms with Gasteiger partial charge in [-0.1, -0.05) is 26.2 Å². The van der Waals surface area contributed by atoms with Gasteiger partial charge >= 0.3 is 0 Å². The number of ether oxygens (including phenoxy) is 1. The fourth-order valence-electron chi connectivity index (χ4n) is 1.21. The van der Waals surface area contributed by atoms with Crippen molar-refractivity contribution >= 4 is 0 Å². The van der Waals surface area contributed by atoms with Crippen molar-refractivity contribution in [3.63, 3.8) is 0 Å². The third-order valence-electron chi connectivity index (χ3n) is 2.01. The molecule has 1 rings (SSSR count). The number of aromatic nitrogens is 2. The molecule has 0 bridgehead atoms. The van der Waals surface area contributed by atoms with Gasteiger partial charge in [0, 0.05) is 12.4 Å². The van der Waals surface area contributed by atoms with Crippen molar-refractivity contribution in [3.8, 4) is 11.9 Å². The number of hydrogen-bond donors (Lipinski definition) is 0. The molecule has 1 aromatic heterocycles. The minimum Gasteiger partial charge on any atom is -0.476 e. The fraction of sp³-hybridized carbons (Fsp3) is 0.545. The predicted molar refractivity (Wildman–Crippen MR) is 56.4 cm³/mol. The van der Waals surface area contributed by atoms with Gasteiger partial charge in [0.1, 0.15) is 6.07 Å². The lowest BCUT2D eigenvalue weighted by atomic mass is 10.2. The first-order valence-corrected chi connectivity index (χ1v) is 5.22. The van der Waals surface area contributed by atoms with E-state index in [9.17, 15) is 0 Å². The molecule has 0 unspecified atom stereocenters. The molecule has 1 aromatic rings. The van der Waals surface area contributed by atoms with E-state index in [1.807, 2.05) is 6.07 Å². The lowest BCUT2D eigenvalue weighted by Gasteiger charge is -2.04. The van der Waals surface area contributed by atoms with Crippen LogP contribution in [0.15, 0.2) is 12.4 Å². The molecular formula is C11H15N3O. The van der Waals surface area contributed by atoms with Crippen molar-refractivity contribution in [2.24, 2.45) is 0 Å². The lowest BCUT2D eigenvalue weighted by Crippen LogP contribution is -2.02. The molecule has 0 aliphatic carbocycles. The molecule has 0 atom stereocenters. The van der Waals surface area contributed by atoms with Gasteiger partial charge in [-0.3, -0.25) is 0 Å². The van der Waals surface area contributed by atoms with E-state index >= 15 is 0 Å². The van der Waals surface area contributed by atoms with Crippen molar-refractivity contribution in [2.75, 3.05) is 6.61 Å². The average molecular weight is 205 g/mol. The molecule has 4 nitrogen and oxygen atoms in total. The minimum atomic E-state index is 0.257. The van der Waals surface area contributed by atoms with Gasteiger partial charge in [-0.05, 0) is 6.42 Å². The summed E-state index contributed by atoms with van der Waals surface area (Å²) in [5.41, 5.74) is 0.257. The van der Waals surface area contributed by atoms with Crippen molar-refractivity contribution in [1.82, 2.24) is 9.97 Å². The van der Waals surface area contributed by atoms with Crippen LogP contribution in [0.5, 0.6) is 5.88 Å². The first kappa shape index (κ1) is 11.4. The van der Waals surface area contributed by atoms with Crippen molar-refractivity contribution in [1.29, 1.82) is 5.26 Å². The highest BCUT2D eigenvalue weighted by molar-refractivity contribution is 5.29. The Bertz CT molecular complexity index is 333. The Balaban J connectivity index is 2.34. The van der Waals surface area contributed by atoms with Crippen LogP contribution < -0.4 is 4.74 Å². The standard InChI is InChI=1S/C11H15N3O/c1-2-3-4-5-8-15-11-10(9-12)13-6-7-14-11/h6-7H,2-5,8H2,1H3. The SMILES string of the molecule is CCCCCCOc1nccnc1C#N. The maximum Gasteiger partial charge on any atom is 0.251 e. The van der Waals surface area contributed by atoms with Crippen LogP contribution >= 0.6 is 0 Å². The van der Waals surface area contributed by atoms with E-state index < -0.39 is 0 Å². The molecular weight excluding hydrogens is 190 g/mol. The molecule has 1 heterocycles. The highest BCUT2D eigenvalue weighted by Crippen LogP contribution is 2.10. The second-order valence-corrected chi connectivity index (χ2v) is 3.23. The molecule has 0 aliphatic heterocycles. The van der Waals surface area contributed by atoms with Crippen molar-refractivity contribution < 1.29 is 4.74 Å². The summed E-state index contributed by atoms with van der Waals surface area (Å²) in [4.78, 5) is 7.82. The molecule has 80 valence electrons. The van der Waals surface area contributed by atoms with E-state index in [-0.39, 0.29) is 5.69 Å². The zero-order valence-corrected chi connectivity index (χ0v) is 8.94. The zero-order valence-electron chi connectivity index (χ0n) is 8.94. The summed E-state index contributed by atoms with van der Waals surface area (Å²) >= 11 is 0. The van der Waals surface area contributed by atoms with Crippen LogP contribution in [0, 0.1) is 11.3 Å². The number of rotatable bonds is 6. The summed E-state index contributed by atoms with van der Waals surface area (Å²) in [6.07, 6.45) is 7.59. The van der Waals surface area contributed by atoms with Gasteiger partial charge in [-0.15, -0.1) is 0 Å². The molecule has 0 aliphatic rings. The van der Waals surface area contributed by atoms with Crippen LogP contribution in [-0.2, 0) is 0 Å². The third-order valence-corrected chi connectivity index (χ3v) is 2.01. The van der Waals surface area contributed by atoms with E-state index in [2.05, 4.69) is 16.9 Å². The molecule has 0 aromatic carbocycles. The smallest absolute Gasteiger partial charge is 0.251 e. The highest BCUT2D eigenvalue weighted by atomic mass is 16.5. The van der Waals surface area contributed by atoms with Gasteiger partial charge in [0.15, 0.2) is 0 Å². The van der Waals surface area contributed by atoms with E-state index in [0.717, 1.165) is 12.8 Å². The highest BCUT2D eigenvalue weighted by Gasteiger charge is 2.03. The summed E-state index contributed by atoms with van der Waals surface area (Å²) in [5, 5.41) is 8.73. The normalized spacial score (nSPS) is 9.60. The Morgan fingerprint density at radius 3 is 2.80 bits per heavy atom. The van der Waals surface area contributed by atoms with Gasteiger partial charge in [-0.2, -0.15) is 5.26 Å². The third kappa shape index (κ3) is 3.94. The number of nitrogens with zero attached hydrogens (tertiary/aromatic N) is 3. The van der Waals surface area contributed by atoms with Crippen LogP contribution in [0.3, 0.4) is 0 Å². The van der Waals surface area contributed by atoms with Crippen LogP contribution in [0.4, 0.5) is 0 Å². The quantitative estimate of drug-likeness (QED) is 0.668. The van der Waals surface area contributed by atoms with E-state index in [1.54, 1.807) is 0 Å². The van der Waals surface area contributed by atoms with Gasteiger partial charge in [0.2, 0.25) is 5.69 Å². The minimum absolute atomic E-state index is 0.257. The summed E-state index contributed by atoms with van der Waals surface area (Å²) in [6, 6.07) is 1.95. The maximum atomic E-state index is 8.73. The molecule has 0 saturated heterocycles. The van der Waals surface area contributed by atoms with Crippen LogP contribution in [0.25, 0.3) is 0 Å². The van der Waals surface area contributed by atoms with Crippen molar-refractivity contribution in [3.05, 3.63) is 18.1 Å². The first-order valence-electron chi connectivity index (χ1n) is 5.22. The Labute approximate surface area is 89.9 Å². The topological polar surface area (TPSA) is 58.8 Å². The molecule has 15 heavy (non-hydrogen) atoms. The van der Waals surface area contributed by atoms with Gasteiger partial charge < -0.3 is 4.74 Å². The number of unbranched alkanes of at least 4 members (excludes halogenated alkanes) is 3. The number of hydrogen-bond acceptors (Lipinski definition) is 4. The Morgan fingerprint density at radius 1 is 1.27 bits per heavy atom. The Hall–Kier alpha value is -1.63. The molecule has 0 spiro atoms. The summed E-state index contributed by atoms with van der Waals surface area (Å²) in [5.74, 6) is 0.344. The predicted octanol–water partition coefficient (Wildman–Crippen LogP) is 2.31. The van der Waals surface area contributed by atoms with E-state index in [1.165, 1.54) is 25.2 Å². The number of nitriles is 1. The monoisotopic (exact) mass is 205 g/mol. The second kappa shape index (κ2) is 6.77. The molecule has 0 saturated carbocycles. The lowest BCUT2D eigenvalue weighted by molar-refractivity contribution is 0.291. The maximum absolute atomic E-state index is 8.73. The molecule has 0 fully saturated rings.